The minimum atomic E-state index is -3.55. The highest BCUT2D eigenvalue weighted by molar-refractivity contribution is 9.10. The highest BCUT2D eigenvalue weighted by Crippen LogP contribution is 2.39. The summed E-state index contributed by atoms with van der Waals surface area (Å²) in [7, 11) is -3.55. The van der Waals surface area contributed by atoms with Crippen molar-refractivity contribution in [1.82, 2.24) is 0 Å². The van der Waals surface area contributed by atoms with Gasteiger partial charge in [0, 0.05) is 16.0 Å². The Labute approximate surface area is 126 Å². The van der Waals surface area contributed by atoms with Crippen molar-refractivity contribution in [3.8, 4) is 5.75 Å². The number of rotatable bonds is 5. The molecule has 1 aromatic carbocycles. The first-order valence-corrected chi connectivity index (χ1v) is 8.88. The SMILES string of the molecule is NS(=O)(=O)CC1(COc2cc(F)cc(Br)c2)CCCC1. The number of halogens is 2. The molecule has 112 valence electrons. The van der Waals surface area contributed by atoms with Crippen LogP contribution in [0.3, 0.4) is 0 Å². The van der Waals surface area contributed by atoms with Crippen LogP contribution < -0.4 is 9.88 Å². The molecule has 1 fully saturated rings. The number of nitrogens with two attached hydrogens (primary N) is 1. The van der Waals surface area contributed by atoms with E-state index in [9.17, 15) is 12.8 Å². The largest absolute Gasteiger partial charge is 0.493 e. The van der Waals surface area contributed by atoms with Crippen molar-refractivity contribution in [2.45, 2.75) is 25.7 Å². The van der Waals surface area contributed by atoms with Crippen molar-refractivity contribution in [3.63, 3.8) is 0 Å². The Hall–Kier alpha value is -0.660. The van der Waals surface area contributed by atoms with Crippen molar-refractivity contribution in [2.24, 2.45) is 10.6 Å². The molecule has 4 nitrogen and oxygen atoms in total. The third-order valence-electron chi connectivity index (χ3n) is 3.55. The van der Waals surface area contributed by atoms with Gasteiger partial charge in [-0.15, -0.1) is 0 Å². The van der Waals surface area contributed by atoms with Gasteiger partial charge in [0.15, 0.2) is 0 Å². The van der Waals surface area contributed by atoms with Gasteiger partial charge in [-0.3, -0.25) is 0 Å². The predicted octanol–water partition coefficient (Wildman–Crippen LogP) is 2.82. The molecular formula is C13H17BrFNO3S. The van der Waals surface area contributed by atoms with Crippen molar-refractivity contribution in [3.05, 3.63) is 28.5 Å². The maximum Gasteiger partial charge on any atom is 0.209 e. The molecule has 1 aromatic rings. The number of hydrogen-bond donors (Lipinski definition) is 1. The van der Waals surface area contributed by atoms with Crippen LogP contribution in [0.2, 0.25) is 0 Å². The van der Waals surface area contributed by atoms with Crippen LogP contribution in [0.25, 0.3) is 0 Å². The van der Waals surface area contributed by atoms with Gasteiger partial charge in [0.1, 0.15) is 11.6 Å². The Morgan fingerprint density at radius 1 is 1.30 bits per heavy atom. The standard InChI is InChI=1S/C13H17BrFNO3S/c14-10-5-11(15)7-12(6-10)19-8-13(3-1-2-4-13)9-20(16,17)18/h5-7H,1-4,8-9H2,(H2,16,17,18). The fourth-order valence-corrected chi connectivity index (χ4v) is 4.40. The number of primary sulfonamides is 1. The smallest absolute Gasteiger partial charge is 0.209 e. The monoisotopic (exact) mass is 365 g/mol. The normalized spacial score (nSPS) is 18.1. The fraction of sp³-hybridized carbons (Fsp3) is 0.538. The molecule has 0 aliphatic heterocycles. The van der Waals surface area contributed by atoms with E-state index < -0.39 is 21.3 Å². The highest BCUT2D eigenvalue weighted by Gasteiger charge is 2.38. The first kappa shape index (κ1) is 15.7. The van der Waals surface area contributed by atoms with Crippen molar-refractivity contribution >= 4 is 26.0 Å². The molecule has 0 bridgehead atoms. The predicted molar refractivity (Wildman–Crippen MR) is 78.5 cm³/mol. The average molecular weight is 366 g/mol. The number of hydrogen-bond acceptors (Lipinski definition) is 3. The summed E-state index contributed by atoms with van der Waals surface area (Å²) in [6.45, 7) is 0.235. The van der Waals surface area contributed by atoms with E-state index in [1.54, 1.807) is 6.07 Å². The van der Waals surface area contributed by atoms with Crippen LogP contribution in [-0.2, 0) is 10.0 Å². The third kappa shape index (κ3) is 4.43. The molecule has 1 aliphatic carbocycles. The van der Waals surface area contributed by atoms with Crippen molar-refractivity contribution in [1.29, 1.82) is 0 Å². The maximum absolute atomic E-state index is 13.3. The summed E-state index contributed by atoms with van der Waals surface area (Å²) < 4.78 is 42.2. The lowest BCUT2D eigenvalue weighted by atomic mass is 9.90. The van der Waals surface area contributed by atoms with Crippen LogP contribution in [-0.4, -0.2) is 20.8 Å². The second-order valence-electron chi connectivity index (χ2n) is 5.41. The highest BCUT2D eigenvalue weighted by atomic mass is 79.9. The van der Waals surface area contributed by atoms with Crippen LogP contribution in [0.1, 0.15) is 25.7 Å². The topological polar surface area (TPSA) is 69.4 Å². The van der Waals surface area contributed by atoms with Gasteiger partial charge in [-0.25, -0.2) is 17.9 Å². The van der Waals surface area contributed by atoms with Gasteiger partial charge in [0.25, 0.3) is 0 Å². The first-order valence-electron chi connectivity index (χ1n) is 6.37. The van der Waals surface area contributed by atoms with Gasteiger partial charge in [0.2, 0.25) is 10.0 Å². The van der Waals surface area contributed by atoms with Gasteiger partial charge in [-0.05, 0) is 25.0 Å². The number of sulfonamides is 1. The van der Waals surface area contributed by atoms with Gasteiger partial charge in [-0.2, -0.15) is 0 Å². The Morgan fingerprint density at radius 2 is 1.95 bits per heavy atom. The maximum atomic E-state index is 13.3. The Kier molecular flexibility index (Phi) is 4.71. The van der Waals surface area contributed by atoms with E-state index in [4.69, 9.17) is 9.88 Å². The van der Waals surface area contributed by atoms with E-state index >= 15 is 0 Å². The molecule has 0 unspecified atom stereocenters. The fourth-order valence-electron chi connectivity index (χ4n) is 2.73. The van der Waals surface area contributed by atoms with Crippen LogP contribution >= 0.6 is 15.9 Å². The van der Waals surface area contributed by atoms with Crippen LogP contribution in [0.5, 0.6) is 5.75 Å². The molecule has 0 heterocycles. The summed E-state index contributed by atoms with van der Waals surface area (Å²) in [6, 6.07) is 4.27. The molecule has 7 heteroatoms. The molecule has 0 atom stereocenters. The van der Waals surface area contributed by atoms with Crippen LogP contribution in [0.4, 0.5) is 4.39 Å². The Morgan fingerprint density at radius 3 is 2.50 bits per heavy atom. The summed E-state index contributed by atoms with van der Waals surface area (Å²) in [5.74, 6) is -0.102. The lowest BCUT2D eigenvalue weighted by Gasteiger charge is -2.27. The summed E-state index contributed by atoms with van der Waals surface area (Å²) >= 11 is 3.19. The summed E-state index contributed by atoms with van der Waals surface area (Å²) in [5.41, 5.74) is -0.452. The average Bonchev–Trinajstić information content (AvgIpc) is 2.72. The van der Waals surface area contributed by atoms with Crippen molar-refractivity contribution < 1.29 is 17.5 Å². The lowest BCUT2D eigenvalue weighted by Crippen LogP contribution is -2.36. The Balaban J connectivity index is 2.09. The lowest BCUT2D eigenvalue weighted by molar-refractivity contribution is 0.170. The quantitative estimate of drug-likeness (QED) is 0.871. The van der Waals surface area contributed by atoms with E-state index in [1.165, 1.54) is 12.1 Å². The zero-order valence-electron chi connectivity index (χ0n) is 10.9. The first-order chi connectivity index (χ1) is 9.28. The summed E-state index contributed by atoms with van der Waals surface area (Å²) in [6.07, 6.45) is 3.46. The van der Waals surface area contributed by atoms with E-state index in [0.29, 0.717) is 10.2 Å². The van der Waals surface area contributed by atoms with E-state index in [0.717, 1.165) is 25.7 Å². The van der Waals surface area contributed by atoms with Gasteiger partial charge < -0.3 is 4.74 Å². The molecule has 2 rings (SSSR count). The zero-order chi connectivity index (χ0) is 14.8. The number of benzene rings is 1. The van der Waals surface area contributed by atoms with E-state index in [1.807, 2.05) is 0 Å². The molecule has 0 spiro atoms. The molecule has 1 saturated carbocycles. The second-order valence-corrected chi connectivity index (χ2v) is 7.94. The Bertz CT molecular complexity index is 565. The molecule has 0 aromatic heterocycles. The molecule has 20 heavy (non-hydrogen) atoms. The van der Waals surface area contributed by atoms with E-state index in [-0.39, 0.29) is 12.4 Å². The van der Waals surface area contributed by atoms with Gasteiger partial charge >= 0.3 is 0 Å². The molecule has 0 amide bonds. The molecule has 0 saturated heterocycles. The van der Waals surface area contributed by atoms with Crippen LogP contribution in [0.15, 0.2) is 22.7 Å². The summed E-state index contributed by atoms with van der Waals surface area (Å²) in [5, 5.41) is 5.17. The molecule has 1 aliphatic rings. The molecule has 2 N–H and O–H groups in total. The van der Waals surface area contributed by atoms with Crippen molar-refractivity contribution in [2.75, 3.05) is 12.4 Å². The van der Waals surface area contributed by atoms with Gasteiger partial charge in [0.05, 0.1) is 12.4 Å². The molecular weight excluding hydrogens is 349 g/mol. The molecule has 0 radical (unpaired) electrons. The summed E-state index contributed by atoms with van der Waals surface area (Å²) in [4.78, 5) is 0. The van der Waals surface area contributed by atoms with E-state index in [2.05, 4.69) is 15.9 Å². The number of ether oxygens (including phenoxy) is 1. The minimum Gasteiger partial charge on any atom is -0.493 e. The second kappa shape index (κ2) is 5.99. The zero-order valence-corrected chi connectivity index (χ0v) is 13.3. The van der Waals surface area contributed by atoms with Gasteiger partial charge in [-0.1, -0.05) is 28.8 Å². The third-order valence-corrected chi connectivity index (χ3v) is 5.03. The van der Waals surface area contributed by atoms with Crippen LogP contribution in [0, 0.1) is 11.2 Å². The minimum absolute atomic E-state index is 0.0868.